The highest BCUT2D eigenvalue weighted by molar-refractivity contribution is 14.1. The molecule has 0 unspecified atom stereocenters. The van der Waals surface area contributed by atoms with Gasteiger partial charge < -0.3 is 0 Å². The molecule has 1 amide bonds. The number of hydrogen-bond donors (Lipinski definition) is 1. The summed E-state index contributed by atoms with van der Waals surface area (Å²) in [5, 5.41) is 14.3. The van der Waals surface area contributed by atoms with Crippen molar-refractivity contribution in [3.8, 4) is 0 Å². The van der Waals surface area contributed by atoms with Crippen molar-refractivity contribution in [2.75, 3.05) is 0 Å². The summed E-state index contributed by atoms with van der Waals surface area (Å²) in [5.41, 5.74) is 3.59. The van der Waals surface area contributed by atoms with Crippen LogP contribution in [0.4, 0.5) is 5.69 Å². The first-order valence-corrected chi connectivity index (χ1v) is 6.97. The molecule has 106 valence electrons. The van der Waals surface area contributed by atoms with Gasteiger partial charge in [0.2, 0.25) is 0 Å². The quantitative estimate of drug-likeness (QED) is 0.374. The fraction of sp³-hybridized carbons (Fsp3) is 0. The lowest BCUT2D eigenvalue weighted by Crippen LogP contribution is -2.17. The van der Waals surface area contributed by atoms with Gasteiger partial charge in [-0.05, 0) is 58.5 Å². The average Bonchev–Trinajstić information content (AvgIpc) is 2.47. The minimum atomic E-state index is -0.473. The highest BCUT2D eigenvalue weighted by Crippen LogP contribution is 2.10. The zero-order valence-corrected chi connectivity index (χ0v) is 12.9. The van der Waals surface area contributed by atoms with E-state index in [1.165, 1.54) is 18.3 Å². The number of nitrogens with zero attached hydrogens (tertiary/aromatic N) is 2. The number of nitro benzene ring substituents is 1. The zero-order chi connectivity index (χ0) is 15.2. The topological polar surface area (TPSA) is 84.6 Å². The second-order valence-corrected chi connectivity index (χ2v) is 5.30. The summed E-state index contributed by atoms with van der Waals surface area (Å²) in [7, 11) is 0. The van der Waals surface area contributed by atoms with Gasteiger partial charge >= 0.3 is 0 Å². The Balaban J connectivity index is 1.99. The van der Waals surface area contributed by atoms with Crippen LogP contribution >= 0.6 is 22.6 Å². The number of benzene rings is 2. The van der Waals surface area contributed by atoms with Crippen LogP contribution in [-0.4, -0.2) is 17.0 Å². The number of hydrogen-bond acceptors (Lipinski definition) is 4. The molecule has 0 fully saturated rings. The fourth-order valence-electron chi connectivity index (χ4n) is 1.54. The van der Waals surface area contributed by atoms with Crippen molar-refractivity contribution in [2.45, 2.75) is 0 Å². The van der Waals surface area contributed by atoms with Crippen molar-refractivity contribution in [3.63, 3.8) is 0 Å². The lowest BCUT2D eigenvalue weighted by molar-refractivity contribution is -0.384. The minimum absolute atomic E-state index is 0.00930. The zero-order valence-electron chi connectivity index (χ0n) is 10.7. The number of carbonyl (C=O) groups is 1. The second-order valence-electron chi connectivity index (χ2n) is 4.06. The van der Waals surface area contributed by atoms with Crippen molar-refractivity contribution in [1.82, 2.24) is 5.43 Å². The molecule has 0 saturated heterocycles. The molecule has 2 aromatic rings. The van der Waals surface area contributed by atoms with Crippen molar-refractivity contribution in [1.29, 1.82) is 0 Å². The molecule has 1 N–H and O–H groups in total. The molecule has 0 aromatic heterocycles. The molecule has 0 heterocycles. The summed E-state index contributed by atoms with van der Waals surface area (Å²) in [5.74, 6) is -0.313. The Labute approximate surface area is 134 Å². The van der Waals surface area contributed by atoms with Crippen LogP contribution in [0.5, 0.6) is 0 Å². The molecule has 2 rings (SSSR count). The van der Waals surface area contributed by atoms with E-state index in [1.54, 1.807) is 30.3 Å². The first-order chi connectivity index (χ1) is 10.1. The van der Waals surface area contributed by atoms with Crippen LogP contribution in [0.25, 0.3) is 0 Å². The molecular formula is C14H10IN3O3. The van der Waals surface area contributed by atoms with E-state index < -0.39 is 4.92 Å². The van der Waals surface area contributed by atoms with Gasteiger partial charge in [0.1, 0.15) is 0 Å². The largest absolute Gasteiger partial charge is 0.271 e. The van der Waals surface area contributed by atoms with Crippen LogP contribution in [0.2, 0.25) is 0 Å². The third-order valence-corrected chi connectivity index (χ3v) is 3.24. The average molecular weight is 395 g/mol. The fourth-order valence-corrected chi connectivity index (χ4v) is 2.08. The molecule has 0 bridgehead atoms. The first kappa shape index (κ1) is 15.1. The monoisotopic (exact) mass is 395 g/mol. The maximum Gasteiger partial charge on any atom is 0.271 e. The number of halogens is 1. The molecule has 0 aliphatic rings. The number of non-ortho nitro benzene ring substituents is 1. The van der Waals surface area contributed by atoms with Crippen molar-refractivity contribution in [3.05, 3.63) is 73.3 Å². The second kappa shape index (κ2) is 6.93. The number of nitrogens with one attached hydrogen (secondary N) is 1. The Hall–Kier alpha value is -2.29. The molecule has 0 aliphatic carbocycles. The van der Waals surface area contributed by atoms with Crippen LogP contribution in [0.1, 0.15) is 15.9 Å². The molecule has 0 atom stereocenters. The van der Waals surface area contributed by atoms with Gasteiger partial charge in [-0.3, -0.25) is 14.9 Å². The summed E-state index contributed by atoms with van der Waals surface area (Å²) in [6, 6.07) is 13.0. The van der Waals surface area contributed by atoms with E-state index in [1.807, 2.05) is 6.07 Å². The van der Waals surface area contributed by atoms with Gasteiger partial charge in [-0.15, -0.1) is 0 Å². The normalized spacial score (nSPS) is 10.5. The van der Waals surface area contributed by atoms with E-state index in [0.29, 0.717) is 11.1 Å². The van der Waals surface area contributed by atoms with Gasteiger partial charge in [0.05, 0.1) is 11.1 Å². The highest BCUT2D eigenvalue weighted by Gasteiger charge is 2.04. The highest BCUT2D eigenvalue weighted by atomic mass is 127. The standard InChI is InChI=1S/C14H10IN3O3/c15-12-3-1-2-11(8-12)14(19)17-16-9-10-4-6-13(7-5-10)18(20)21/h1-9H,(H,17,19). The maximum absolute atomic E-state index is 11.8. The number of hydrazone groups is 1. The SMILES string of the molecule is O=C(NN=Cc1ccc([N+](=O)[O-])cc1)c1cccc(I)c1. The minimum Gasteiger partial charge on any atom is -0.267 e. The maximum atomic E-state index is 11.8. The van der Waals surface area contributed by atoms with Crippen molar-refractivity contribution >= 4 is 40.4 Å². The Morgan fingerprint density at radius 3 is 2.57 bits per heavy atom. The Morgan fingerprint density at radius 1 is 1.24 bits per heavy atom. The molecule has 7 heteroatoms. The smallest absolute Gasteiger partial charge is 0.267 e. The van der Waals surface area contributed by atoms with E-state index in [2.05, 4.69) is 33.1 Å². The summed E-state index contributed by atoms with van der Waals surface area (Å²) in [6.45, 7) is 0. The van der Waals surface area contributed by atoms with Gasteiger partial charge in [-0.1, -0.05) is 6.07 Å². The Kier molecular flexibility index (Phi) is 4.99. The van der Waals surface area contributed by atoms with Gasteiger partial charge in [0.25, 0.3) is 11.6 Å². The number of rotatable bonds is 4. The molecule has 2 aromatic carbocycles. The van der Waals surface area contributed by atoms with E-state index in [-0.39, 0.29) is 11.6 Å². The molecule has 0 saturated carbocycles. The third kappa shape index (κ3) is 4.35. The molecule has 0 aliphatic heterocycles. The predicted molar refractivity (Wildman–Crippen MR) is 87.3 cm³/mol. The van der Waals surface area contributed by atoms with Gasteiger partial charge in [-0.2, -0.15) is 5.10 Å². The number of carbonyl (C=O) groups excluding carboxylic acids is 1. The summed E-state index contributed by atoms with van der Waals surface area (Å²) < 4.78 is 0.958. The van der Waals surface area contributed by atoms with Crippen LogP contribution < -0.4 is 5.43 Å². The molecule has 0 spiro atoms. The van der Waals surface area contributed by atoms with Crippen LogP contribution in [0.15, 0.2) is 53.6 Å². The third-order valence-electron chi connectivity index (χ3n) is 2.57. The van der Waals surface area contributed by atoms with Gasteiger partial charge in [0, 0.05) is 21.3 Å². The van der Waals surface area contributed by atoms with E-state index in [0.717, 1.165) is 3.57 Å². The molecule has 21 heavy (non-hydrogen) atoms. The van der Waals surface area contributed by atoms with Crippen molar-refractivity contribution in [2.24, 2.45) is 5.10 Å². The van der Waals surface area contributed by atoms with Gasteiger partial charge in [-0.25, -0.2) is 5.43 Å². The molecular weight excluding hydrogens is 385 g/mol. The lowest BCUT2D eigenvalue weighted by atomic mass is 10.2. The summed E-state index contributed by atoms with van der Waals surface area (Å²) in [6.07, 6.45) is 1.43. The Morgan fingerprint density at radius 2 is 1.95 bits per heavy atom. The van der Waals surface area contributed by atoms with E-state index in [9.17, 15) is 14.9 Å². The predicted octanol–water partition coefficient (Wildman–Crippen LogP) is 2.96. The molecule has 6 nitrogen and oxygen atoms in total. The van der Waals surface area contributed by atoms with Crippen LogP contribution in [-0.2, 0) is 0 Å². The number of nitro groups is 1. The first-order valence-electron chi connectivity index (χ1n) is 5.90. The van der Waals surface area contributed by atoms with E-state index in [4.69, 9.17) is 0 Å². The van der Waals surface area contributed by atoms with E-state index >= 15 is 0 Å². The van der Waals surface area contributed by atoms with Crippen LogP contribution in [0, 0.1) is 13.7 Å². The summed E-state index contributed by atoms with van der Waals surface area (Å²) >= 11 is 2.12. The molecule has 0 radical (unpaired) electrons. The lowest BCUT2D eigenvalue weighted by Gasteiger charge is -2.00. The summed E-state index contributed by atoms with van der Waals surface area (Å²) in [4.78, 5) is 21.9. The van der Waals surface area contributed by atoms with Crippen molar-refractivity contribution < 1.29 is 9.72 Å². The Bertz CT molecular complexity index is 699. The number of amides is 1. The van der Waals surface area contributed by atoms with Crippen LogP contribution in [0.3, 0.4) is 0 Å². The van der Waals surface area contributed by atoms with Gasteiger partial charge in [0.15, 0.2) is 0 Å².